The van der Waals surface area contributed by atoms with Gasteiger partial charge >= 0.3 is 0 Å². The largest absolute Gasteiger partial charge is 0.353 e. The molecule has 29 heavy (non-hydrogen) atoms. The van der Waals surface area contributed by atoms with Crippen molar-refractivity contribution in [1.29, 1.82) is 0 Å². The maximum atomic E-state index is 13.5. The second-order valence-corrected chi connectivity index (χ2v) is 9.63. The van der Waals surface area contributed by atoms with Gasteiger partial charge in [-0.2, -0.15) is 11.8 Å². The molecule has 0 aliphatic carbocycles. The zero-order chi connectivity index (χ0) is 21.6. The number of halogens is 2. The van der Waals surface area contributed by atoms with Crippen molar-refractivity contribution >= 4 is 33.4 Å². The Morgan fingerprint density at radius 2 is 1.90 bits per heavy atom. The molecule has 0 unspecified atom stereocenters. The van der Waals surface area contributed by atoms with Crippen molar-refractivity contribution in [2.24, 2.45) is 0 Å². The summed E-state index contributed by atoms with van der Waals surface area (Å²) in [6.45, 7) is 3.78. The molecular formula is C20H24F2N2O3S2. The van der Waals surface area contributed by atoms with E-state index in [0.29, 0.717) is 12.3 Å². The topological polar surface area (TPSA) is 66.5 Å². The number of carbonyl (C=O) groups excluding carboxylic acids is 1. The molecule has 158 valence electrons. The average Bonchev–Trinajstić information content (AvgIpc) is 2.63. The fourth-order valence-corrected chi connectivity index (χ4v) is 4.79. The zero-order valence-corrected chi connectivity index (χ0v) is 18.1. The third-order valence-corrected chi connectivity index (χ3v) is 6.41. The molecule has 0 heterocycles. The predicted molar refractivity (Wildman–Crippen MR) is 113 cm³/mol. The molecular weight excluding hydrogens is 418 g/mol. The molecule has 0 bridgehead atoms. The quantitative estimate of drug-likeness (QED) is 0.604. The lowest BCUT2D eigenvalue weighted by Crippen LogP contribution is -2.48. The number of nitrogens with zero attached hydrogens (tertiary/aromatic N) is 1. The lowest BCUT2D eigenvalue weighted by Gasteiger charge is -2.28. The van der Waals surface area contributed by atoms with Gasteiger partial charge in [0.15, 0.2) is 11.6 Å². The highest BCUT2D eigenvalue weighted by Gasteiger charge is 2.29. The van der Waals surface area contributed by atoms with Crippen LogP contribution in [-0.2, 0) is 20.6 Å². The Kier molecular flexibility index (Phi) is 8.04. The van der Waals surface area contributed by atoms with E-state index in [1.54, 1.807) is 11.8 Å². The van der Waals surface area contributed by atoms with Crippen LogP contribution in [0.25, 0.3) is 0 Å². The van der Waals surface area contributed by atoms with Gasteiger partial charge in [0, 0.05) is 24.1 Å². The van der Waals surface area contributed by atoms with Gasteiger partial charge < -0.3 is 5.32 Å². The molecule has 2 rings (SSSR count). The molecule has 1 amide bonds. The molecule has 0 spiro atoms. The molecule has 9 heteroatoms. The third-order valence-electron chi connectivity index (χ3n) is 4.14. The Morgan fingerprint density at radius 1 is 1.17 bits per heavy atom. The maximum Gasteiger partial charge on any atom is 0.243 e. The van der Waals surface area contributed by atoms with E-state index >= 15 is 0 Å². The zero-order valence-electron chi connectivity index (χ0n) is 16.5. The summed E-state index contributed by atoms with van der Waals surface area (Å²) in [5, 5.41) is 2.69. The van der Waals surface area contributed by atoms with Crippen LogP contribution in [0.3, 0.4) is 0 Å². The Labute approximate surface area is 174 Å². The number of sulfonamides is 1. The number of rotatable bonds is 9. The normalized spacial score (nSPS) is 12.4. The summed E-state index contributed by atoms with van der Waals surface area (Å²) in [6.07, 6.45) is 0.912. The Morgan fingerprint density at radius 3 is 2.52 bits per heavy atom. The minimum Gasteiger partial charge on any atom is -0.353 e. The van der Waals surface area contributed by atoms with Crippen molar-refractivity contribution in [3.05, 3.63) is 65.2 Å². The summed E-state index contributed by atoms with van der Waals surface area (Å²) in [5.74, 6) is -1.34. The fourth-order valence-electron chi connectivity index (χ4n) is 2.82. The van der Waals surface area contributed by atoms with Crippen LogP contribution in [0, 0.1) is 18.6 Å². The SMILES string of the molecule is Cc1cccc(CSCCNC(=O)[C@@H](C)N(c2ccc(F)c(F)c2)S(C)(=O)=O)c1. The molecule has 0 radical (unpaired) electrons. The van der Waals surface area contributed by atoms with E-state index < -0.39 is 33.6 Å². The molecule has 1 atom stereocenters. The van der Waals surface area contributed by atoms with Gasteiger partial charge in [-0.1, -0.05) is 29.8 Å². The number of nitrogens with one attached hydrogen (secondary N) is 1. The summed E-state index contributed by atoms with van der Waals surface area (Å²) in [5.41, 5.74) is 2.27. The number of hydrogen-bond acceptors (Lipinski definition) is 4. The first kappa shape index (κ1) is 23.2. The molecule has 5 nitrogen and oxygen atoms in total. The van der Waals surface area contributed by atoms with E-state index in [1.165, 1.54) is 18.1 Å². The van der Waals surface area contributed by atoms with Gasteiger partial charge in [0.05, 0.1) is 11.9 Å². The maximum absolute atomic E-state index is 13.5. The van der Waals surface area contributed by atoms with Crippen molar-refractivity contribution in [2.45, 2.75) is 25.6 Å². The Bertz CT molecular complexity index is 968. The molecule has 2 aromatic rings. The second kappa shape index (κ2) is 10.1. The summed E-state index contributed by atoms with van der Waals surface area (Å²) in [6, 6.07) is 9.75. The van der Waals surface area contributed by atoms with E-state index in [-0.39, 0.29) is 5.69 Å². The van der Waals surface area contributed by atoms with Gasteiger partial charge in [-0.3, -0.25) is 9.10 Å². The number of anilines is 1. The monoisotopic (exact) mass is 442 g/mol. The third kappa shape index (κ3) is 6.71. The molecule has 0 aliphatic rings. The van der Waals surface area contributed by atoms with Crippen LogP contribution in [0.15, 0.2) is 42.5 Å². The van der Waals surface area contributed by atoms with E-state index in [0.717, 1.165) is 34.5 Å². The first-order valence-electron chi connectivity index (χ1n) is 8.95. The average molecular weight is 443 g/mol. The summed E-state index contributed by atoms with van der Waals surface area (Å²) in [4.78, 5) is 12.4. The van der Waals surface area contributed by atoms with E-state index in [2.05, 4.69) is 11.4 Å². The first-order valence-corrected chi connectivity index (χ1v) is 12.0. The fraction of sp³-hybridized carbons (Fsp3) is 0.350. The van der Waals surface area contributed by atoms with Gasteiger partial charge in [0.2, 0.25) is 15.9 Å². The molecule has 0 saturated carbocycles. The van der Waals surface area contributed by atoms with Crippen LogP contribution in [0.2, 0.25) is 0 Å². The lowest BCUT2D eigenvalue weighted by atomic mass is 10.2. The van der Waals surface area contributed by atoms with Gasteiger partial charge in [-0.25, -0.2) is 17.2 Å². The molecule has 0 aromatic heterocycles. The highest BCUT2D eigenvalue weighted by molar-refractivity contribution is 7.98. The van der Waals surface area contributed by atoms with Gasteiger partial charge in [-0.05, 0) is 31.5 Å². The van der Waals surface area contributed by atoms with Crippen molar-refractivity contribution in [3.63, 3.8) is 0 Å². The van der Waals surface area contributed by atoms with Gasteiger partial charge in [0.1, 0.15) is 6.04 Å². The number of amides is 1. The molecule has 0 aliphatic heterocycles. The molecule has 0 saturated heterocycles. The summed E-state index contributed by atoms with van der Waals surface area (Å²) in [7, 11) is -3.89. The van der Waals surface area contributed by atoms with Crippen molar-refractivity contribution in [1.82, 2.24) is 5.32 Å². The minimum atomic E-state index is -3.89. The van der Waals surface area contributed by atoms with Crippen LogP contribution in [0.4, 0.5) is 14.5 Å². The standard InChI is InChI=1S/C20H24F2N2O3S2/c1-14-5-4-6-16(11-14)13-28-10-9-23-20(25)15(2)24(29(3,26)27)17-7-8-18(21)19(22)12-17/h4-8,11-12,15H,9-10,13H2,1-3H3,(H,23,25)/t15-/m1/s1. The van der Waals surface area contributed by atoms with Crippen LogP contribution in [-0.4, -0.2) is 38.9 Å². The minimum absolute atomic E-state index is 0.108. The number of thioether (sulfide) groups is 1. The number of aryl methyl sites for hydroxylation is 1. The molecule has 1 N–H and O–H groups in total. The van der Waals surface area contributed by atoms with Crippen LogP contribution in [0.5, 0.6) is 0 Å². The van der Waals surface area contributed by atoms with Crippen LogP contribution >= 0.6 is 11.8 Å². The smallest absolute Gasteiger partial charge is 0.243 e. The first-order chi connectivity index (χ1) is 13.6. The Balaban J connectivity index is 1.94. The van der Waals surface area contributed by atoms with Crippen molar-refractivity contribution in [3.8, 4) is 0 Å². The second-order valence-electron chi connectivity index (χ2n) is 6.67. The van der Waals surface area contributed by atoms with Crippen LogP contribution in [0.1, 0.15) is 18.1 Å². The van der Waals surface area contributed by atoms with Gasteiger partial charge in [0.25, 0.3) is 0 Å². The van der Waals surface area contributed by atoms with Gasteiger partial charge in [-0.15, -0.1) is 0 Å². The predicted octanol–water partition coefficient (Wildman–Crippen LogP) is 3.48. The molecule has 2 aromatic carbocycles. The summed E-state index contributed by atoms with van der Waals surface area (Å²) >= 11 is 1.64. The van der Waals surface area contributed by atoms with E-state index in [9.17, 15) is 22.0 Å². The highest BCUT2D eigenvalue weighted by Crippen LogP contribution is 2.23. The van der Waals surface area contributed by atoms with E-state index in [1.807, 2.05) is 25.1 Å². The molecule has 0 fully saturated rings. The van der Waals surface area contributed by atoms with E-state index in [4.69, 9.17) is 0 Å². The Hall–Kier alpha value is -2.13. The highest BCUT2D eigenvalue weighted by atomic mass is 32.2. The number of benzene rings is 2. The number of carbonyl (C=O) groups is 1. The summed E-state index contributed by atoms with van der Waals surface area (Å²) < 4.78 is 51.8. The van der Waals surface area contributed by atoms with Crippen molar-refractivity contribution in [2.75, 3.05) is 22.9 Å². The van der Waals surface area contributed by atoms with Crippen molar-refractivity contribution < 1.29 is 22.0 Å². The number of hydrogen-bond donors (Lipinski definition) is 1. The van der Waals surface area contributed by atoms with Crippen LogP contribution < -0.4 is 9.62 Å². The lowest BCUT2D eigenvalue weighted by molar-refractivity contribution is -0.121.